The van der Waals surface area contributed by atoms with Gasteiger partial charge in [-0.25, -0.2) is 0 Å². The molecule has 84 valence electrons. The maximum absolute atomic E-state index is 3.50. The maximum atomic E-state index is 3.50. The highest BCUT2D eigenvalue weighted by Crippen LogP contribution is 2.19. The number of hydrogen-bond donors (Lipinski definition) is 0. The minimum atomic E-state index is 0.882. The highest BCUT2D eigenvalue weighted by molar-refractivity contribution is 9.09. The zero-order valence-electron chi connectivity index (χ0n) is 9.47. The molecule has 1 aliphatic heterocycles. The molecule has 1 heterocycles. The second kappa shape index (κ2) is 7.70. The van der Waals surface area contributed by atoms with Crippen LogP contribution in [0.5, 0.6) is 0 Å². The van der Waals surface area contributed by atoms with Gasteiger partial charge in [-0.2, -0.15) is 0 Å². The summed E-state index contributed by atoms with van der Waals surface area (Å²) in [6.45, 7) is 5.01. The molecule has 1 nitrogen and oxygen atoms in total. The van der Waals surface area contributed by atoms with Gasteiger partial charge in [0.15, 0.2) is 0 Å². The van der Waals surface area contributed by atoms with E-state index in [1.165, 1.54) is 58.0 Å². The first-order valence-electron chi connectivity index (χ1n) is 6.18. The lowest BCUT2D eigenvalue weighted by atomic mass is 10.1. The Bertz CT molecular complexity index is 138. The van der Waals surface area contributed by atoms with Crippen molar-refractivity contribution >= 4 is 15.9 Å². The van der Waals surface area contributed by atoms with E-state index in [4.69, 9.17) is 0 Å². The van der Waals surface area contributed by atoms with Gasteiger partial charge in [0.1, 0.15) is 0 Å². The maximum Gasteiger partial charge on any atom is 0.00926 e. The monoisotopic (exact) mass is 261 g/mol. The average Bonchev–Trinajstić information content (AvgIpc) is 2.43. The minimum absolute atomic E-state index is 0.882. The summed E-state index contributed by atoms with van der Waals surface area (Å²) in [6.07, 6.45) is 9.79. The van der Waals surface area contributed by atoms with Gasteiger partial charge >= 0.3 is 0 Å². The first kappa shape index (κ1) is 12.5. The molecular formula is C12H24BrN. The van der Waals surface area contributed by atoms with Gasteiger partial charge in [0.2, 0.25) is 0 Å². The molecule has 0 aliphatic carbocycles. The Morgan fingerprint density at radius 3 is 2.79 bits per heavy atom. The van der Waals surface area contributed by atoms with Crippen molar-refractivity contribution in [3.05, 3.63) is 0 Å². The second-order valence-corrected chi connectivity index (χ2v) is 5.14. The molecule has 0 radical (unpaired) electrons. The molecule has 0 N–H and O–H groups in total. The van der Waals surface area contributed by atoms with Crippen LogP contribution < -0.4 is 0 Å². The van der Waals surface area contributed by atoms with E-state index in [1.54, 1.807) is 0 Å². The molecule has 0 spiro atoms. The summed E-state index contributed by atoms with van der Waals surface area (Å²) >= 11 is 3.50. The Labute approximate surface area is 97.4 Å². The van der Waals surface area contributed by atoms with Crippen LogP contribution in [0.2, 0.25) is 0 Å². The first-order chi connectivity index (χ1) is 6.88. The Morgan fingerprint density at radius 1 is 1.21 bits per heavy atom. The van der Waals surface area contributed by atoms with Gasteiger partial charge in [0, 0.05) is 11.4 Å². The van der Waals surface area contributed by atoms with Crippen molar-refractivity contribution in [3.8, 4) is 0 Å². The molecule has 0 aromatic rings. The largest absolute Gasteiger partial charge is 0.300 e. The van der Waals surface area contributed by atoms with Crippen LogP contribution in [0, 0.1) is 0 Å². The Morgan fingerprint density at radius 2 is 2.07 bits per heavy atom. The fraction of sp³-hybridized carbons (Fsp3) is 1.00. The Kier molecular flexibility index (Phi) is 6.88. The van der Waals surface area contributed by atoms with Gasteiger partial charge < -0.3 is 4.90 Å². The third-order valence-corrected chi connectivity index (χ3v) is 3.86. The van der Waals surface area contributed by atoms with Crippen LogP contribution in [0.3, 0.4) is 0 Å². The summed E-state index contributed by atoms with van der Waals surface area (Å²) in [5.41, 5.74) is 0. The predicted molar refractivity (Wildman–Crippen MR) is 67.1 cm³/mol. The van der Waals surface area contributed by atoms with Crippen molar-refractivity contribution in [2.75, 3.05) is 18.4 Å². The van der Waals surface area contributed by atoms with Crippen LogP contribution in [0.15, 0.2) is 0 Å². The summed E-state index contributed by atoms with van der Waals surface area (Å²) in [7, 11) is 0. The zero-order chi connectivity index (χ0) is 10.2. The minimum Gasteiger partial charge on any atom is -0.300 e. The fourth-order valence-electron chi connectivity index (χ4n) is 2.40. The van der Waals surface area contributed by atoms with Crippen molar-refractivity contribution < 1.29 is 0 Å². The number of rotatable bonds is 5. The molecule has 1 rings (SSSR count). The molecule has 14 heavy (non-hydrogen) atoms. The summed E-state index contributed by atoms with van der Waals surface area (Å²) in [5, 5.41) is 1.16. The highest BCUT2D eigenvalue weighted by atomic mass is 79.9. The quantitative estimate of drug-likeness (QED) is 0.538. The van der Waals surface area contributed by atoms with Crippen molar-refractivity contribution in [3.63, 3.8) is 0 Å². The summed E-state index contributed by atoms with van der Waals surface area (Å²) in [4.78, 5) is 2.73. The Hall–Kier alpha value is 0.440. The number of nitrogens with zero attached hydrogens (tertiary/aromatic N) is 1. The highest BCUT2D eigenvalue weighted by Gasteiger charge is 2.18. The molecule has 0 aromatic heterocycles. The van der Waals surface area contributed by atoms with Crippen LogP contribution in [0.25, 0.3) is 0 Å². The number of unbranched alkanes of at least 4 members (excludes halogenated alkanes) is 1. The van der Waals surface area contributed by atoms with Crippen LogP contribution in [0.1, 0.15) is 51.9 Å². The summed E-state index contributed by atoms with van der Waals surface area (Å²) in [5.74, 6) is 0. The van der Waals surface area contributed by atoms with Gasteiger partial charge in [0.05, 0.1) is 0 Å². The lowest BCUT2D eigenvalue weighted by Crippen LogP contribution is -2.35. The first-order valence-corrected chi connectivity index (χ1v) is 7.30. The lowest BCUT2D eigenvalue weighted by molar-refractivity contribution is 0.192. The van der Waals surface area contributed by atoms with E-state index in [9.17, 15) is 0 Å². The van der Waals surface area contributed by atoms with Crippen LogP contribution in [0.4, 0.5) is 0 Å². The van der Waals surface area contributed by atoms with Gasteiger partial charge in [-0.1, -0.05) is 35.7 Å². The van der Waals surface area contributed by atoms with Gasteiger partial charge in [0.25, 0.3) is 0 Å². The standard InChI is InChI=1S/C12H24BrN/c1-2-12-8-4-3-6-10-14(12)11-7-5-9-13/h12H,2-11H2,1H3. The summed E-state index contributed by atoms with van der Waals surface area (Å²) < 4.78 is 0. The number of likely N-dealkylation sites (tertiary alicyclic amines) is 1. The van der Waals surface area contributed by atoms with Gasteiger partial charge in [-0.15, -0.1) is 0 Å². The molecule has 0 amide bonds. The molecule has 0 bridgehead atoms. The van der Waals surface area contributed by atoms with Crippen molar-refractivity contribution in [1.29, 1.82) is 0 Å². The van der Waals surface area contributed by atoms with Gasteiger partial charge in [-0.05, 0) is 45.2 Å². The van der Waals surface area contributed by atoms with E-state index in [2.05, 4.69) is 27.8 Å². The predicted octanol–water partition coefficient (Wildman–Crippen LogP) is 3.82. The van der Waals surface area contributed by atoms with E-state index >= 15 is 0 Å². The van der Waals surface area contributed by atoms with E-state index < -0.39 is 0 Å². The van der Waals surface area contributed by atoms with Crippen molar-refractivity contribution in [1.82, 2.24) is 4.90 Å². The topological polar surface area (TPSA) is 3.24 Å². The third kappa shape index (κ3) is 4.31. The second-order valence-electron chi connectivity index (χ2n) is 4.34. The van der Waals surface area contributed by atoms with E-state index in [0.717, 1.165) is 11.4 Å². The smallest absolute Gasteiger partial charge is 0.00926 e. The molecular weight excluding hydrogens is 238 g/mol. The summed E-state index contributed by atoms with van der Waals surface area (Å²) in [6, 6.07) is 0.882. The number of hydrogen-bond acceptors (Lipinski definition) is 1. The zero-order valence-corrected chi connectivity index (χ0v) is 11.1. The van der Waals surface area contributed by atoms with Crippen molar-refractivity contribution in [2.24, 2.45) is 0 Å². The lowest BCUT2D eigenvalue weighted by Gasteiger charge is -2.28. The van der Waals surface area contributed by atoms with Crippen LogP contribution >= 0.6 is 15.9 Å². The Balaban J connectivity index is 2.28. The van der Waals surface area contributed by atoms with Gasteiger partial charge in [-0.3, -0.25) is 0 Å². The molecule has 1 saturated heterocycles. The van der Waals surface area contributed by atoms with Crippen LogP contribution in [-0.2, 0) is 0 Å². The molecule has 2 heteroatoms. The number of alkyl halides is 1. The van der Waals surface area contributed by atoms with E-state index in [-0.39, 0.29) is 0 Å². The number of halogens is 1. The fourth-order valence-corrected chi connectivity index (χ4v) is 2.80. The molecule has 1 atom stereocenters. The molecule has 1 aliphatic rings. The molecule has 1 fully saturated rings. The molecule has 1 unspecified atom stereocenters. The third-order valence-electron chi connectivity index (χ3n) is 3.30. The van der Waals surface area contributed by atoms with E-state index in [0.29, 0.717) is 0 Å². The molecule has 0 saturated carbocycles. The normalized spacial score (nSPS) is 24.9. The van der Waals surface area contributed by atoms with Crippen LogP contribution in [-0.4, -0.2) is 29.4 Å². The van der Waals surface area contributed by atoms with Crippen molar-refractivity contribution in [2.45, 2.75) is 57.9 Å². The SMILES string of the molecule is CCC1CCCCCN1CCCCBr. The average molecular weight is 262 g/mol. The van der Waals surface area contributed by atoms with E-state index in [1.807, 2.05) is 0 Å². The molecule has 0 aromatic carbocycles.